The zero-order valence-corrected chi connectivity index (χ0v) is 11.3. The van der Waals surface area contributed by atoms with Gasteiger partial charge < -0.3 is 5.11 Å². The summed E-state index contributed by atoms with van der Waals surface area (Å²) in [5.41, 5.74) is 2.48. The third kappa shape index (κ3) is 2.55. The molecule has 1 aromatic heterocycles. The van der Waals surface area contributed by atoms with Crippen LogP contribution < -0.4 is 0 Å². The maximum atomic E-state index is 11.4. The molecule has 0 aliphatic heterocycles. The smallest absolute Gasteiger partial charge is 0.307 e. The molecule has 18 heavy (non-hydrogen) atoms. The van der Waals surface area contributed by atoms with Gasteiger partial charge in [0, 0.05) is 12.4 Å². The number of pyridine rings is 1. The first-order valence-corrected chi connectivity index (χ1v) is 6.54. The van der Waals surface area contributed by atoms with E-state index in [0.29, 0.717) is 0 Å². The van der Waals surface area contributed by atoms with Gasteiger partial charge in [-0.1, -0.05) is 13.8 Å². The van der Waals surface area contributed by atoms with Crippen LogP contribution in [0.1, 0.15) is 50.2 Å². The molecule has 0 amide bonds. The SMILES string of the molecule is Cc1ccncc1C1CC(C)(C)CCC1C(=O)O. The van der Waals surface area contributed by atoms with Crippen LogP contribution in [0.25, 0.3) is 0 Å². The van der Waals surface area contributed by atoms with Crippen LogP contribution >= 0.6 is 0 Å². The van der Waals surface area contributed by atoms with Gasteiger partial charge in [-0.15, -0.1) is 0 Å². The molecule has 1 aliphatic rings. The van der Waals surface area contributed by atoms with Gasteiger partial charge >= 0.3 is 5.97 Å². The Balaban J connectivity index is 2.36. The number of rotatable bonds is 2. The number of hydrogen-bond acceptors (Lipinski definition) is 2. The number of nitrogens with zero attached hydrogens (tertiary/aromatic N) is 1. The van der Waals surface area contributed by atoms with E-state index in [-0.39, 0.29) is 17.3 Å². The molecule has 2 atom stereocenters. The Morgan fingerprint density at radius 1 is 1.50 bits per heavy atom. The number of hydrogen-bond donors (Lipinski definition) is 1. The second-order valence-electron chi connectivity index (χ2n) is 6.19. The lowest BCUT2D eigenvalue weighted by molar-refractivity contribution is -0.144. The highest BCUT2D eigenvalue weighted by atomic mass is 16.4. The molecule has 2 unspecified atom stereocenters. The highest BCUT2D eigenvalue weighted by molar-refractivity contribution is 5.71. The molecule has 0 radical (unpaired) electrons. The first-order valence-electron chi connectivity index (χ1n) is 6.54. The summed E-state index contributed by atoms with van der Waals surface area (Å²) in [6.45, 7) is 6.49. The molecule has 1 aromatic rings. The maximum absolute atomic E-state index is 11.4. The van der Waals surface area contributed by atoms with Crippen molar-refractivity contribution in [3.8, 4) is 0 Å². The molecule has 1 aliphatic carbocycles. The van der Waals surface area contributed by atoms with Gasteiger partial charge in [0.05, 0.1) is 5.92 Å². The highest BCUT2D eigenvalue weighted by Crippen LogP contribution is 2.47. The molecule has 0 aromatic carbocycles. The van der Waals surface area contributed by atoms with Gasteiger partial charge in [0.15, 0.2) is 0 Å². The first-order chi connectivity index (χ1) is 8.41. The summed E-state index contributed by atoms with van der Waals surface area (Å²) in [4.78, 5) is 15.6. The molecule has 1 saturated carbocycles. The summed E-state index contributed by atoms with van der Waals surface area (Å²) in [5, 5.41) is 9.41. The van der Waals surface area contributed by atoms with Crippen molar-refractivity contribution in [3.05, 3.63) is 29.6 Å². The fourth-order valence-electron chi connectivity index (χ4n) is 3.07. The first kappa shape index (κ1) is 13.1. The normalized spacial score (nSPS) is 26.8. The lowest BCUT2D eigenvalue weighted by Gasteiger charge is -2.39. The molecular formula is C15H21NO2. The summed E-state index contributed by atoms with van der Waals surface area (Å²) in [5.74, 6) is -0.834. The van der Waals surface area contributed by atoms with E-state index in [1.54, 1.807) is 6.20 Å². The minimum Gasteiger partial charge on any atom is -0.481 e. The third-order valence-electron chi connectivity index (χ3n) is 4.19. The number of carbonyl (C=O) groups is 1. The van der Waals surface area contributed by atoms with Crippen molar-refractivity contribution in [2.24, 2.45) is 11.3 Å². The summed E-state index contributed by atoms with van der Waals surface area (Å²) in [6, 6.07) is 1.97. The Hall–Kier alpha value is -1.38. The average molecular weight is 247 g/mol. The average Bonchev–Trinajstić information content (AvgIpc) is 2.27. The number of carboxylic acids is 1. The van der Waals surface area contributed by atoms with Gasteiger partial charge in [-0.25, -0.2) is 0 Å². The van der Waals surface area contributed by atoms with Gasteiger partial charge in [0.2, 0.25) is 0 Å². The molecule has 0 bridgehead atoms. The molecule has 98 valence electrons. The topological polar surface area (TPSA) is 50.2 Å². The third-order valence-corrected chi connectivity index (χ3v) is 4.19. The Morgan fingerprint density at radius 2 is 2.22 bits per heavy atom. The molecule has 2 rings (SSSR count). The Labute approximate surface area is 108 Å². The zero-order valence-electron chi connectivity index (χ0n) is 11.3. The van der Waals surface area contributed by atoms with Crippen LogP contribution in [0.3, 0.4) is 0 Å². The van der Waals surface area contributed by atoms with Crippen molar-refractivity contribution in [1.29, 1.82) is 0 Å². The molecule has 0 saturated heterocycles. The molecular weight excluding hydrogens is 226 g/mol. The van der Waals surface area contributed by atoms with Crippen molar-refractivity contribution < 1.29 is 9.90 Å². The Bertz CT molecular complexity index is 454. The number of carboxylic acid groups (broad SMARTS) is 1. The molecule has 1 fully saturated rings. The van der Waals surface area contributed by atoms with E-state index in [2.05, 4.69) is 18.8 Å². The summed E-state index contributed by atoms with van der Waals surface area (Å²) in [6.07, 6.45) is 6.29. The van der Waals surface area contributed by atoms with E-state index in [0.717, 1.165) is 30.4 Å². The largest absolute Gasteiger partial charge is 0.481 e. The highest BCUT2D eigenvalue weighted by Gasteiger charge is 2.39. The standard InChI is InChI=1S/C15H21NO2/c1-10-5-7-16-9-13(10)12-8-15(2,3)6-4-11(12)14(17)18/h5,7,9,11-12H,4,6,8H2,1-3H3,(H,17,18). The molecule has 1 heterocycles. The Kier molecular flexibility index (Phi) is 3.42. The lowest BCUT2D eigenvalue weighted by atomic mass is 9.65. The monoisotopic (exact) mass is 247 g/mol. The van der Waals surface area contributed by atoms with Gasteiger partial charge in [-0.05, 0) is 54.7 Å². The summed E-state index contributed by atoms with van der Waals surface area (Å²) < 4.78 is 0. The number of aliphatic carboxylic acids is 1. The fraction of sp³-hybridized carbons (Fsp3) is 0.600. The van der Waals surface area contributed by atoms with Gasteiger partial charge in [-0.2, -0.15) is 0 Å². The van der Waals surface area contributed by atoms with Gasteiger partial charge in [-0.3, -0.25) is 9.78 Å². The quantitative estimate of drug-likeness (QED) is 0.871. The predicted molar refractivity (Wildman–Crippen MR) is 70.5 cm³/mol. The van der Waals surface area contributed by atoms with E-state index in [1.165, 1.54) is 0 Å². The van der Waals surface area contributed by atoms with Crippen LogP contribution in [0.4, 0.5) is 0 Å². The van der Waals surface area contributed by atoms with Gasteiger partial charge in [0.1, 0.15) is 0 Å². The van der Waals surface area contributed by atoms with Crippen LogP contribution in [0, 0.1) is 18.3 Å². The van der Waals surface area contributed by atoms with E-state index < -0.39 is 5.97 Å². The van der Waals surface area contributed by atoms with E-state index in [4.69, 9.17) is 0 Å². The van der Waals surface area contributed by atoms with Crippen LogP contribution in [0.5, 0.6) is 0 Å². The predicted octanol–water partition coefficient (Wildman–Crippen LogP) is 3.38. The number of aromatic nitrogens is 1. The zero-order chi connectivity index (χ0) is 13.3. The van der Waals surface area contributed by atoms with E-state index in [9.17, 15) is 9.90 Å². The van der Waals surface area contributed by atoms with Crippen molar-refractivity contribution in [1.82, 2.24) is 4.98 Å². The minimum atomic E-state index is -0.668. The van der Waals surface area contributed by atoms with Crippen LogP contribution in [0.2, 0.25) is 0 Å². The summed E-state index contributed by atoms with van der Waals surface area (Å²) >= 11 is 0. The van der Waals surface area contributed by atoms with Crippen LogP contribution in [-0.4, -0.2) is 16.1 Å². The molecule has 3 nitrogen and oxygen atoms in total. The maximum Gasteiger partial charge on any atom is 0.307 e. The minimum absolute atomic E-state index is 0.0972. The van der Waals surface area contributed by atoms with Gasteiger partial charge in [0.25, 0.3) is 0 Å². The number of aryl methyl sites for hydroxylation is 1. The van der Waals surface area contributed by atoms with Crippen LogP contribution in [-0.2, 0) is 4.79 Å². The summed E-state index contributed by atoms with van der Waals surface area (Å²) in [7, 11) is 0. The second-order valence-corrected chi connectivity index (χ2v) is 6.19. The lowest BCUT2D eigenvalue weighted by Crippen LogP contribution is -2.33. The molecule has 3 heteroatoms. The second kappa shape index (κ2) is 4.71. The van der Waals surface area contributed by atoms with Crippen molar-refractivity contribution >= 4 is 5.97 Å². The molecule has 0 spiro atoms. The van der Waals surface area contributed by atoms with E-state index >= 15 is 0 Å². The van der Waals surface area contributed by atoms with Crippen molar-refractivity contribution in [3.63, 3.8) is 0 Å². The fourth-order valence-corrected chi connectivity index (χ4v) is 3.07. The van der Waals surface area contributed by atoms with Crippen molar-refractivity contribution in [2.75, 3.05) is 0 Å². The van der Waals surface area contributed by atoms with Crippen LogP contribution in [0.15, 0.2) is 18.5 Å². The molecule has 1 N–H and O–H groups in total. The Morgan fingerprint density at radius 3 is 2.83 bits per heavy atom. The van der Waals surface area contributed by atoms with E-state index in [1.807, 2.05) is 19.2 Å². The van der Waals surface area contributed by atoms with Crippen molar-refractivity contribution in [2.45, 2.75) is 46.0 Å².